The van der Waals surface area contributed by atoms with Gasteiger partial charge in [0.2, 0.25) is 30.1 Å². The molecule has 7 aromatic carbocycles. The maximum Gasteiger partial charge on any atom is 0.269 e. The Labute approximate surface area is 745 Å². The molecule has 41 heteroatoms. The summed E-state index contributed by atoms with van der Waals surface area (Å²) in [6, 6.07) is 65.4. The molecule has 0 aliphatic carbocycles. The number of non-ortho nitro benzene ring substituents is 3. The van der Waals surface area contributed by atoms with Gasteiger partial charge in [-0.2, -0.15) is 0 Å². The van der Waals surface area contributed by atoms with Crippen molar-refractivity contribution in [3.63, 3.8) is 0 Å². The van der Waals surface area contributed by atoms with E-state index in [9.17, 15) is 68.6 Å². The lowest BCUT2D eigenvalue weighted by molar-refractivity contribution is -0.385. The van der Waals surface area contributed by atoms with Crippen molar-refractivity contribution < 1.29 is 53.0 Å². The second-order valence-electron chi connectivity index (χ2n) is 26.4. The van der Waals surface area contributed by atoms with Crippen LogP contribution in [0.15, 0.2) is 280 Å². The third kappa shape index (κ3) is 28.8. The number of hydrogen-bond donors (Lipinski definition) is 6. The van der Waals surface area contributed by atoms with Gasteiger partial charge in [0.05, 0.1) is 98.5 Å². The number of nitrogens with zero attached hydrogens (tertiary/aromatic N) is 7. The number of sulfonamides is 3. The van der Waals surface area contributed by atoms with Crippen molar-refractivity contribution in [1.29, 1.82) is 0 Å². The number of rotatable bonds is 33. The monoisotopic (exact) mass is 1930 g/mol. The number of quaternary nitrogens is 1. The SMILES string of the molecule is Br.N[C@@H](Cc1ccc([N+](=O)[O-])cc1)c1csc(-c2cccs2)n1.O=S(=O)([O-])Nc1ccc(C[C@H](NS(=O)(=O)Cc2ccccc2)c2csc(-c3cccs3)n2)cc1.O=[N+]([O-])c1ccc(C[C@H](NS(=O)(=O)Cc2ccccc2)c2csc(-c3cccs3)n2)cc1.O=[N+]([O-])c1ccc(C[C@H](NS(=O)(=O)Cc2ccccc2)c2csc(-c3cccs3)n2)cc1.[NH4+]. The van der Waals surface area contributed by atoms with Crippen LogP contribution in [0.2, 0.25) is 0 Å². The molecule has 15 rings (SSSR count). The van der Waals surface area contributed by atoms with Crippen LogP contribution in [0.25, 0.3) is 39.5 Å². The highest BCUT2D eigenvalue weighted by atomic mass is 79.9. The lowest BCUT2D eigenvalue weighted by Crippen LogP contribution is -2.31. The highest BCUT2D eigenvalue weighted by Gasteiger charge is 2.28. The molecule has 0 saturated heterocycles. The predicted molar refractivity (Wildman–Crippen MR) is 494 cm³/mol. The van der Waals surface area contributed by atoms with Crippen LogP contribution in [-0.4, -0.2) is 72.9 Å². The number of thiophene rings is 4. The van der Waals surface area contributed by atoms with Gasteiger partial charge in [-0.15, -0.1) is 108 Å². The van der Waals surface area contributed by atoms with Gasteiger partial charge in [0.25, 0.3) is 17.1 Å². The van der Waals surface area contributed by atoms with Crippen molar-refractivity contribution in [2.45, 2.75) is 67.1 Å². The first-order valence-corrected chi connectivity index (χ1v) is 49.4. The second-order valence-corrected chi connectivity index (χ2v) is 40.0. The average Bonchev–Trinajstić information content (AvgIpc) is 1.63. The zero-order valence-electron chi connectivity index (χ0n) is 64.0. The summed E-state index contributed by atoms with van der Waals surface area (Å²) >= 11 is 12.3. The van der Waals surface area contributed by atoms with E-state index in [1.54, 1.807) is 178 Å². The third-order valence-corrected chi connectivity index (χ3v) is 29.6. The number of thiazole rings is 4. The van der Waals surface area contributed by atoms with E-state index in [1.165, 1.54) is 82.5 Å². The molecule has 0 aliphatic rings. The minimum atomic E-state index is -4.63. The number of benzene rings is 7. The second kappa shape index (κ2) is 44.3. The van der Waals surface area contributed by atoms with Crippen LogP contribution in [0.4, 0.5) is 22.7 Å². The summed E-state index contributed by atoms with van der Waals surface area (Å²) in [5, 5.41) is 51.4. The van der Waals surface area contributed by atoms with Gasteiger partial charge < -0.3 is 16.4 Å². The lowest BCUT2D eigenvalue weighted by Gasteiger charge is -2.18. The number of nitrogens with one attached hydrogen (secondary N) is 4. The molecule has 634 valence electrons. The van der Waals surface area contributed by atoms with E-state index in [0.29, 0.717) is 53.0 Å². The molecule has 0 aliphatic heterocycles. The Bertz CT molecular complexity index is 6100. The summed E-state index contributed by atoms with van der Waals surface area (Å²) in [7, 11) is -15.6. The average molecular weight is 1940 g/mol. The predicted octanol–water partition coefficient (Wildman–Crippen LogP) is 19.5. The fourth-order valence-electron chi connectivity index (χ4n) is 11.8. The number of halogens is 1. The Morgan fingerprint density at radius 3 is 0.836 bits per heavy atom. The molecular weight excluding hydrogens is 1860 g/mol. The van der Waals surface area contributed by atoms with Crippen LogP contribution in [0, 0.1) is 30.3 Å². The molecule has 8 heterocycles. The number of hydrogen-bond acceptors (Lipinski definition) is 28. The summed E-state index contributed by atoms with van der Waals surface area (Å²) < 4.78 is 121. The summed E-state index contributed by atoms with van der Waals surface area (Å²) in [5.41, 5.74) is 14.4. The molecule has 0 amide bonds. The van der Waals surface area contributed by atoms with E-state index in [2.05, 4.69) is 34.1 Å². The van der Waals surface area contributed by atoms with E-state index < -0.39 is 73.3 Å². The van der Waals surface area contributed by atoms with Gasteiger partial charge in [-0.05, 0) is 123 Å². The fourth-order valence-corrected chi connectivity index (χ4v) is 23.0. The molecule has 0 radical (unpaired) electrons. The van der Waals surface area contributed by atoms with Crippen molar-refractivity contribution in [1.82, 2.24) is 40.3 Å². The van der Waals surface area contributed by atoms with Crippen molar-refractivity contribution in [3.05, 3.63) is 372 Å². The van der Waals surface area contributed by atoms with Crippen LogP contribution in [0.1, 0.15) is 85.9 Å². The van der Waals surface area contributed by atoms with Crippen molar-refractivity contribution in [3.8, 4) is 39.5 Å². The Morgan fingerprint density at radius 1 is 0.328 bits per heavy atom. The molecule has 4 atom stereocenters. The summed E-state index contributed by atoms with van der Waals surface area (Å²) in [6.07, 6.45) is 1.52. The van der Waals surface area contributed by atoms with Crippen molar-refractivity contribution in [2.75, 3.05) is 4.72 Å². The Hall–Kier alpha value is -10.1. The van der Waals surface area contributed by atoms with Gasteiger partial charge in [0.1, 0.15) is 20.0 Å². The van der Waals surface area contributed by atoms with E-state index in [0.717, 1.165) is 67.5 Å². The van der Waals surface area contributed by atoms with Gasteiger partial charge in [-0.3, -0.25) is 35.1 Å². The largest absolute Gasteiger partial charge is 0.731 e. The Kier molecular flexibility index (Phi) is 34.2. The van der Waals surface area contributed by atoms with Crippen molar-refractivity contribution in [2.24, 2.45) is 5.73 Å². The number of anilines is 1. The molecule has 0 bridgehead atoms. The summed E-state index contributed by atoms with van der Waals surface area (Å²) in [5.74, 6) is -0.463. The minimum absolute atomic E-state index is 0. The number of nitrogens with two attached hydrogens (primary N) is 1. The molecule has 0 unspecified atom stereocenters. The first-order chi connectivity index (χ1) is 57.6. The van der Waals surface area contributed by atoms with Crippen LogP contribution in [0.3, 0.4) is 0 Å². The fraction of sp³-hybridized carbons (Fsp3) is 0.136. The summed E-state index contributed by atoms with van der Waals surface area (Å²) in [6.45, 7) is 0. The van der Waals surface area contributed by atoms with Gasteiger partial charge in [-0.25, -0.2) is 67.8 Å². The zero-order chi connectivity index (χ0) is 84.8. The molecule has 0 fully saturated rings. The van der Waals surface area contributed by atoms with Gasteiger partial charge in [-0.1, -0.05) is 164 Å². The topological polar surface area (TPSA) is 451 Å². The quantitative estimate of drug-likeness (QED) is 0.0126. The molecule has 0 spiro atoms. The first kappa shape index (κ1) is 94.2. The van der Waals surface area contributed by atoms with Crippen LogP contribution < -0.4 is 30.8 Å². The Balaban J connectivity index is 0.000000171. The van der Waals surface area contributed by atoms with Crippen LogP contribution >= 0.6 is 108 Å². The van der Waals surface area contributed by atoms with Gasteiger partial charge in [0, 0.05) is 63.6 Å². The third-order valence-electron chi connectivity index (χ3n) is 17.4. The smallest absolute Gasteiger partial charge is 0.269 e. The van der Waals surface area contributed by atoms with Crippen LogP contribution in [0.5, 0.6) is 0 Å². The maximum atomic E-state index is 13.0. The molecule has 0 saturated carbocycles. The molecule has 122 heavy (non-hydrogen) atoms. The highest BCUT2D eigenvalue weighted by molar-refractivity contribution is 8.93. The highest BCUT2D eigenvalue weighted by Crippen LogP contribution is 2.37. The molecule has 10 N–H and O–H groups in total. The molecule has 28 nitrogen and oxygen atoms in total. The maximum absolute atomic E-state index is 13.0. The van der Waals surface area contributed by atoms with Gasteiger partial charge >= 0.3 is 0 Å². The first-order valence-electron chi connectivity index (χ1n) is 36.0. The number of aromatic nitrogens is 4. The number of nitro benzene ring substituents is 3. The summed E-state index contributed by atoms with van der Waals surface area (Å²) in [4.78, 5) is 54.0. The van der Waals surface area contributed by atoms with E-state index in [4.69, 9.17) is 5.73 Å². The Morgan fingerprint density at radius 2 is 0.582 bits per heavy atom. The van der Waals surface area contributed by atoms with E-state index in [-0.39, 0.29) is 75.6 Å². The number of nitro groups is 3. The van der Waals surface area contributed by atoms with Gasteiger partial charge in [0.15, 0.2) is 10.3 Å². The normalized spacial score (nSPS) is 12.4. The molecule has 15 aromatic rings. The zero-order valence-corrected chi connectivity index (χ0v) is 75.5. The van der Waals surface area contributed by atoms with Crippen LogP contribution in [-0.2, 0) is 83.3 Å². The molecular formula is C81H76BrN13O15S12. The van der Waals surface area contributed by atoms with Crippen molar-refractivity contribution >= 4 is 171 Å². The van der Waals surface area contributed by atoms with E-state index in [1.807, 2.05) is 114 Å². The van der Waals surface area contributed by atoms with E-state index >= 15 is 0 Å². The lowest BCUT2D eigenvalue weighted by atomic mass is 10.0. The molecule has 8 aromatic heterocycles. The minimum Gasteiger partial charge on any atom is -0.731 e. The standard InChI is InChI=1S/C22H21N3O5S4.2C22H19N3O4S3.C15H13N3O2S2.BrH.H3N/c26-33(27,15-17-5-2-1-3-6-17)25-19(20-14-32-22(23-20)21-7-4-12-31-21)13-16-8-10-18(11-9-16)24-34(28,29)30;2*26-25(27)18-10-8-16(9-11-18)13-19(20-14-31-22(23-20)21-7-4-12-30-21)24-32(28,29)15-17-5-2-1-3-6-17;16-12(8-10-3-5-11(6-4-10)18(19)20)13-9-22-15(17-13)14-2-1-7-21-14;;/h1-12,14,19,24-25H,13,15H2,(H,28,29,30);2*1-12,14,19,24H,13,15H2;1-7,9,12H,8,16H2;1H;1H3/t3*19-;12-;;/m0000../s1.